The molecule has 0 heterocycles. The Kier molecular flexibility index (Phi) is 7.95. The molecule has 3 aliphatic rings. The van der Waals surface area contributed by atoms with E-state index in [-0.39, 0.29) is 0 Å². The summed E-state index contributed by atoms with van der Waals surface area (Å²) >= 11 is 0. The molecule has 3 saturated carbocycles. The van der Waals surface area contributed by atoms with E-state index in [0.717, 1.165) is 36.8 Å². The Balaban J connectivity index is 1.69. The van der Waals surface area contributed by atoms with Crippen LogP contribution < -0.4 is 0 Å². The number of fused-ring (bicyclic) bond motifs is 1. The molecule has 3 nitrogen and oxygen atoms in total. The van der Waals surface area contributed by atoms with Gasteiger partial charge in [-0.2, -0.15) is 0 Å². The summed E-state index contributed by atoms with van der Waals surface area (Å²) in [6.45, 7) is 17.1. The lowest BCUT2D eigenvalue weighted by Crippen LogP contribution is -2.36. The Morgan fingerprint density at radius 2 is 1.97 bits per heavy atom. The molecule has 180 valence electrons. The maximum absolute atomic E-state index is 10.2. The Hall–Kier alpha value is -1.16. The Labute approximate surface area is 196 Å². The van der Waals surface area contributed by atoms with E-state index >= 15 is 0 Å². The lowest BCUT2D eigenvalue weighted by molar-refractivity contribution is 0.0699. The molecule has 6 atom stereocenters. The topological polar surface area (TPSA) is 60.7 Å². The number of allylic oxidation sites excluding steroid dienone is 4. The molecule has 0 aromatic carbocycles. The molecule has 0 unspecified atom stereocenters. The zero-order valence-corrected chi connectivity index (χ0v) is 20.9. The van der Waals surface area contributed by atoms with Crippen molar-refractivity contribution >= 4 is 0 Å². The second-order valence-corrected chi connectivity index (χ2v) is 11.9. The average Bonchev–Trinajstić information content (AvgIpc) is 3.05. The number of hydrogen-bond donors (Lipinski definition) is 3. The molecule has 0 radical (unpaired) electrons. The summed E-state index contributed by atoms with van der Waals surface area (Å²) < 4.78 is 0. The maximum Gasteiger partial charge on any atom is 0.0811 e. The van der Waals surface area contributed by atoms with Crippen molar-refractivity contribution in [2.45, 2.75) is 110 Å². The van der Waals surface area contributed by atoms with Gasteiger partial charge in [0.25, 0.3) is 0 Å². The van der Waals surface area contributed by atoms with Gasteiger partial charge in [-0.15, -0.1) is 0 Å². The molecule has 3 aliphatic carbocycles. The van der Waals surface area contributed by atoms with Gasteiger partial charge in [0.2, 0.25) is 0 Å². The number of aliphatic hydroxyl groups excluding tert-OH is 2. The SMILES string of the molecule is C=C(CCC(C)(C)O)C[C@H](C)[C@H]1CC[C@H]2/C(=C/C=C3/C[C@@H](O)C[C@H](O)C3=C)CCC[C@]12C. The van der Waals surface area contributed by atoms with Crippen LogP contribution >= 0.6 is 0 Å². The highest BCUT2D eigenvalue weighted by atomic mass is 16.3. The molecule has 0 aromatic rings. The molecule has 0 aromatic heterocycles. The normalized spacial score (nSPS) is 37.0. The number of rotatable bonds is 7. The van der Waals surface area contributed by atoms with E-state index in [0.29, 0.717) is 36.0 Å². The fourth-order valence-electron chi connectivity index (χ4n) is 6.86. The molecule has 3 heteroatoms. The Morgan fingerprint density at radius 1 is 1.25 bits per heavy atom. The van der Waals surface area contributed by atoms with E-state index in [4.69, 9.17) is 0 Å². The highest BCUT2D eigenvalue weighted by molar-refractivity contribution is 5.38. The third-order valence-corrected chi connectivity index (χ3v) is 8.69. The second-order valence-electron chi connectivity index (χ2n) is 11.9. The highest BCUT2D eigenvalue weighted by Crippen LogP contribution is 2.60. The van der Waals surface area contributed by atoms with E-state index in [1.165, 1.54) is 31.3 Å². The first kappa shape index (κ1) is 25.5. The monoisotopic (exact) mass is 442 g/mol. The van der Waals surface area contributed by atoms with Crippen molar-refractivity contribution in [1.82, 2.24) is 0 Å². The summed E-state index contributed by atoms with van der Waals surface area (Å²) in [7, 11) is 0. The van der Waals surface area contributed by atoms with Crippen molar-refractivity contribution in [3.8, 4) is 0 Å². The fourth-order valence-corrected chi connectivity index (χ4v) is 6.86. The van der Waals surface area contributed by atoms with Gasteiger partial charge < -0.3 is 15.3 Å². The predicted molar refractivity (Wildman–Crippen MR) is 133 cm³/mol. The molecule has 0 spiro atoms. The van der Waals surface area contributed by atoms with Crippen LogP contribution in [0.5, 0.6) is 0 Å². The van der Waals surface area contributed by atoms with Crippen LogP contribution in [-0.2, 0) is 0 Å². The third-order valence-electron chi connectivity index (χ3n) is 8.69. The Bertz CT molecular complexity index is 768. The molecule has 32 heavy (non-hydrogen) atoms. The number of aliphatic hydroxyl groups is 3. The van der Waals surface area contributed by atoms with Gasteiger partial charge in [0.05, 0.1) is 17.8 Å². The van der Waals surface area contributed by atoms with Gasteiger partial charge in [-0.25, -0.2) is 0 Å². The summed E-state index contributed by atoms with van der Waals surface area (Å²) in [6, 6.07) is 0. The van der Waals surface area contributed by atoms with Crippen molar-refractivity contribution in [3.05, 3.63) is 47.6 Å². The van der Waals surface area contributed by atoms with Gasteiger partial charge in [-0.1, -0.05) is 50.3 Å². The van der Waals surface area contributed by atoms with E-state index in [2.05, 4.69) is 39.2 Å². The summed E-state index contributed by atoms with van der Waals surface area (Å²) in [4.78, 5) is 0. The Morgan fingerprint density at radius 3 is 2.66 bits per heavy atom. The van der Waals surface area contributed by atoms with Crippen molar-refractivity contribution in [2.24, 2.45) is 23.2 Å². The summed E-state index contributed by atoms with van der Waals surface area (Å²) in [6.07, 6.45) is 13.3. The van der Waals surface area contributed by atoms with Crippen LogP contribution in [0.2, 0.25) is 0 Å². The first-order valence-corrected chi connectivity index (χ1v) is 12.7. The maximum atomic E-state index is 10.2. The van der Waals surface area contributed by atoms with Crippen molar-refractivity contribution < 1.29 is 15.3 Å². The van der Waals surface area contributed by atoms with Crippen LogP contribution in [-0.4, -0.2) is 33.1 Å². The lowest BCUT2D eigenvalue weighted by atomic mass is 9.60. The fraction of sp³-hybridized carbons (Fsp3) is 0.724. The van der Waals surface area contributed by atoms with Gasteiger partial charge in [0, 0.05) is 6.42 Å². The van der Waals surface area contributed by atoms with Crippen LogP contribution in [0.1, 0.15) is 91.9 Å². The first-order chi connectivity index (χ1) is 14.9. The minimum absolute atomic E-state index is 0.334. The third kappa shape index (κ3) is 5.85. The van der Waals surface area contributed by atoms with Gasteiger partial charge >= 0.3 is 0 Å². The minimum atomic E-state index is -0.624. The minimum Gasteiger partial charge on any atom is -0.393 e. The zero-order chi connectivity index (χ0) is 23.7. The highest BCUT2D eigenvalue weighted by Gasteiger charge is 2.50. The quantitative estimate of drug-likeness (QED) is 0.408. The second kappa shape index (κ2) is 9.99. The molecule has 0 aliphatic heterocycles. The van der Waals surface area contributed by atoms with Crippen molar-refractivity contribution in [3.63, 3.8) is 0 Å². The van der Waals surface area contributed by atoms with Gasteiger partial charge in [-0.05, 0) is 106 Å². The molecule has 0 amide bonds. The van der Waals surface area contributed by atoms with Gasteiger partial charge in [0.15, 0.2) is 0 Å². The van der Waals surface area contributed by atoms with E-state index in [9.17, 15) is 15.3 Å². The smallest absolute Gasteiger partial charge is 0.0811 e. The zero-order valence-electron chi connectivity index (χ0n) is 20.9. The van der Waals surface area contributed by atoms with Gasteiger partial charge in [0.1, 0.15) is 0 Å². The molecule has 0 bridgehead atoms. The van der Waals surface area contributed by atoms with Crippen LogP contribution in [0.4, 0.5) is 0 Å². The molecule has 3 fully saturated rings. The largest absolute Gasteiger partial charge is 0.393 e. The molecular weight excluding hydrogens is 396 g/mol. The van der Waals surface area contributed by atoms with Crippen LogP contribution in [0.25, 0.3) is 0 Å². The van der Waals surface area contributed by atoms with Crippen LogP contribution in [0.15, 0.2) is 47.6 Å². The summed E-state index contributed by atoms with van der Waals surface area (Å²) in [5, 5.41) is 30.3. The molecule has 0 saturated heterocycles. The van der Waals surface area contributed by atoms with Crippen molar-refractivity contribution in [2.75, 3.05) is 0 Å². The van der Waals surface area contributed by atoms with E-state index < -0.39 is 17.8 Å². The van der Waals surface area contributed by atoms with Gasteiger partial charge in [-0.3, -0.25) is 0 Å². The summed E-state index contributed by atoms with van der Waals surface area (Å²) in [5.74, 6) is 1.94. The standard InChI is InChI=1S/C29H46O3/c1-19(13-15-28(4,5)32)16-20(2)25-11-12-26-22(8-7-14-29(25,26)6)9-10-23-17-24(30)18-27(31)21(23)3/h9-10,20,24-27,30-32H,1,3,7-8,11-18H2,2,4-6H3/b22-9+,23-10-/t20-,24+,25+,26-,27-,29+/m0/s1. The van der Waals surface area contributed by atoms with Crippen LogP contribution in [0, 0.1) is 23.2 Å². The molecular formula is C29H46O3. The molecule has 3 N–H and O–H groups in total. The lowest BCUT2D eigenvalue weighted by Gasteiger charge is -2.44. The number of hydrogen-bond acceptors (Lipinski definition) is 3. The van der Waals surface area contributed by atoms with E-state index in [1.54, 1.807) is 5.57 Å². The first-order valence-electron chi connectivity index (χ1n) is 12.7. The van der Waals surface area contributed by atoms with E-state index in [1.807, 2.05) is 13.8 Å². The van der Waals surface area contributed by atoms with Crippen LogP contribution in [0.3, 0.4) is 0 Å². The van der Waals surface area contributed by atoms with Crippen molar-refractivity contribution in [1.29, 1.82) is 0 Å². The summed E-state index contributed by atoms with van der Waals surface area (Å²) in [5.41, 5.74) is 4.31. The predicted octanol–water partition coefficient (Wildman–Crippen LogP) is 6.26. The molecule has 3 rings (SSSR count). The average molecular weight is 443 g/mol.